The Morgan fingerprint density at radius 1 is 1.00 bits per heavy atom. The molecular weight excluding hydrogens is 377 g/mol. The highest BCUT2D eigenvalue weighted by Gasteiger charge is 2.15. The monoisotopic (exact) mass is 403 g/mol. The molecule has 0 aliphatic heterocycles. The van der Waals surface area contributed by atoms with Gasteiger partial charge in [-0.3, -0.25) is 0 Å². The summed E-state index contributed by atoms with van der Waals surface area (Å²) in [5, 5.41) is 9.57. The van der Waals surface area contributed by atoms with Crippen LogP contribution in [0, 0.1) is 17.1 Å². The molecule has 0 amide bonds. The zero-order valence-corrected chi connectivity index (χ0v) is 17.2. The minimum atomic E-state index is -0.386. The maximum absolute atomic E-state index is 14.2. The molecule has 30 heavy (non-hydrogen) atoms. The zero-order valence-electron chi connectivity index (χ0n) is 17.2. The Bertz CT molecular complexity index is 1030. The van der Waals surface area contributed by atoms with Gasteiger partial charge < -0.3 is 10.5 Å². The van der Waals surface area contributed by atoms with Crippen molar-refractivity contribution in [2.45, 2.75) is 39.0 Å². The first-order chi connectivity index (χ1) is 14.6. The van der Waals surface area contributed by atoms with Crippen molar-refractivity contribution in [2.24, 2.45) is 0 Å². The van der Waals surface area contributed by atoms with Gasteiger partial charge in [-0.15, -0.1) is 0 Å². The maximum atomic E-state index is 14.2. The SMILES string of the molecule is CCCCCCCOc1ccc(-c2cc(-c3ccccc3F)nc(N)c2C#N)cc1. The average Bonchev–Trinajstić information content (AvgIpc) is 2.76. The molecule has 2 N–H and O–H groups in total. The standard InChI is InChI=1S/C25H26FN3O/c1-2-3-4-5-8-15-30-19-13-11-18(12-14-19)21-16-24(29-25(28)22(21)17-27)20-9-6-7-10-23(20)26/h6-7,9-14,16H,2-5,8,15H2,1H3,(H2,28,29). The van der Waals surface area contributed by atoms with E-state index in [1.54, 1.807) is 24.3 Å². The molecule has 0 saturated carbocycles. The smallest absolute Gasteiger partial charge is 0.142 e. The van der Waals surface area contributed by atoms with Gasteiger partial charge in [0.1, 0.15) is 29.0 Å². The van der Waals surface area contributed by atoms with Crippen molar-refractivity contribution in [1.82, 2.24) is 4.98 Å². The van der Waals surface area contributed by atoms with Gasteiger partial charge in [0.05, 0.1) is 12.3 Å². The number of benzene rings is 2. The summed E-state index contributed by atoms with van der Waals surface area (Å²) in [6, 6.07) is 17.7. The van der Waals surface area contributed by atoms with Crippen molar-refractivity contribution in [1.29, 1.82) is 5.26 Å². The van der Waals surface area contributed by atoms with Crippen LogP contribution in [0.4, 0.5) is 10.2 Å². The summed E-state index contributed by atoms with van der Waals surface area (Å²) >= 11 is 0. The Morgan fingerprint density at radius 3 is 2.43 bits per heavy atom. The van der Waals surface area contributed by atoms with Crippen LogP contribution >= 0.6 is 0 Å². The first-order valence-electron chi connectivity index (χ1n) is 10.3. The van der Waals surface area contributed by atoms with Gasteiger partial charge in [-0.2, -0.15) is 5.26 Å². The second-order valence-corrected chi connectivity index (χ2v) is 7.19. The van der Waals surface area contributed by atoms with E-state index in [0.29, 0.717) is 23.4 Å². The Balaban J connectivity index is 1.81. The second kappa shape index (κ2) is 10.4. The summed E-state index contributed by atoms with van der Waals surface area (Å²) in [6.45, 7) is 2.89. The number of hydrogen-bond donors (Lipinski definition) is 1. The molecule has 0 aliphatic carbocycles. The van der Waals surface area contributed by atoms with E-state index < -0.39 is 0 Å². The summed E-state index contributed by atoms with van der Waals surface area (Å²) in [5.74, 6) is 0.479. The number of pyridine rings is 1. The minimum absolute atomic E-state index is 0.0839. The molecular formula is C25H26FN3O. The van der Waals surface area contributed by atoms with Crippen LogP contribution in [0.5, 0.6) is 5.75 Å². The van der Waals surface area contributed by atoms with E-state index in [9.17, 15) is 9.65 Å². The quantitative estimate of drug-likeness (QED) is 0.422. The Labute approximate surface area is 177 Å². The van der Waals surface area contributed by atoms with Crippen LogP contribution in [0.25, 0.3) is 22.4 Å². The van der Waals surface area contributed by atoms with Crippen molar-refractivity contribution >= 4 is 5.82 Å². The Hall–Kier alpha value is -3.39. The molecule has 154 valence electrons. The molecule has 0 atom stereocenters. The van der Waals surface area contributed by atoms with E-state index in [0.717, 1.165) is 17.7 Å². The lowest BCUT2D eigenvalue weighted by molar-refractivity contribution is 0.304. The van der Waals surface area contributed by atoms with Crippen LogP contribution < -0.4 is 10.5 Å². The number of rotatable bonds is 9. The molecule has 0 fully saturated rings. The summed E-state index contributed by atoms with van der Waals surface area (Å²) in [4.78, 5) is 4.24. The number of nitriles is 1. The van der Waals surface area contributed by atoms with Crippen molar-refractivity contribution < 1.29 is 9.13 Å². The van der Waals surface area contributed by atoms with Crippen molar-refractivity contribution in [2.75, 3.05) is 12.3 Å². The second-order valence-electron chi connectivity index (χ2n) is 7.19. The predicted molar refractivity (Wildman–Crippen MR) is 118 cm³/mol. The molecule has 0 aliphatic rings. The highest BCUT2D eigenvalue weighted by atomic mass is 19.1. The van der Waals surface area contributed by atoms with Crippen molar-refractivity contribution in [3.63, 3.8) is 0 Å². The predicted octanol–water partition coefficient (Wildman–Crippen LogP) is 6.36. The van der Waals surface area contributed by atoms with Crippen molar-refractivity contribution in [3.05, 3.63) is 66.0 Å². The normalized spacial score (nSPS) is 10.6. The van der Waals surface area contributed by atoms with Gasteiger partial charge in [0.25, 0.3) is 0 Å². The van der Waals surface area contributed by atoms with Crippen molar-refractivity contribution in [3.8, 4) is 34.2 Å². The van der Waals surface area contributed by atoms with Crippen LogP contribution in [0.15, 0.2) is 54.6 Å². The van der Waals surface area contributed by atoms with E-state index in [1.165, 1.54) is 31.7 Å². The number of halogens is 1. The van der Waals surface area contributed by atoms with Gasteiger partial charge in [-0.05, 0) is 42.3 Å². The molecule has 0 bridgehead atoms. The number of unbranched alkanes of at least 4 members (excludes halogenated alkanes) is 4. The molecule has 3 rings (SSSR count). The van der Waals surface area contributed by atoms with Gasteiger partial charge >= 0.3 is 0 Å². The minimum Gasteiger partial charge on any atom is -0.494 e. The molecule has 0 unspecified atom stereocenters. The van der Waals surface area contributed by atoms with Crippen LogP contribution in [0.3, 0.4) is 0 Å². The number of nitrogens with zero attached hydrogens (tertiary/aromatic N) is 2. The van der Waals surface area contributed by atoms with E-state index in [4.69, 9.17) is 10.5 Å². The average molecular weight is 404 g/mol. The molecule has 1 heterocycles. The number of ether oxygens (including phenoxy) is 1. The van der Waals surface area contributed by atoms with Gasteiger partial charge in [-0.1, -0.05) is 56.9 Å². The van der Waals surface area contributed by atoms with Crippen LogP contribution in [-0.2, 0) is 0 Å². The lowest BCUT2D eigenvalue weighted by atomic mass is 9.98. The van der Waals surface area contributed by atoms with Crippen LogP contribution in [0.2, 0.25) is 0 Å². The number of aromatic nitrogens is 1. The molecule has 3 aromatic rings. The summed E-state index contributed by atoms with van der Waals surface area (Å²) in [6.07, 6.45) is 5.94. The first kappa shape index (κ1) is 21.3. The number of anilines is 1. The van der Waals surface area contributed by atoms with E-state index in [-0.39, 0.29) is 17.2 Å². The molecule has 0 spiro atoms. The molecule has 0 saturated heterocycles. The van der Waals surface area contributed by atoms with Gasteiger partial charge in [-0.25, -0.2) is 9.37 Å². The van der Waals surface area contributed by atoms with Gasteiger partial charge in [0.2, 0.25) is 0 Å². The number of nitrogens with two attached hydrogens (primary N) is 1. The molecule has 0 radical (unpaired) electrons. The summed E-state index contributed by atoms with van der Waals surface area (Å²) < 4.78 is 20.0. The fraction of sp³-hybridized carbons (Fsp3) is 0.280. The van der Waals surface area contributed by atoms with Crippen LogP contribution in [-0.4, -0.2) is 11.6 Å². The topological polar surface area (TPSA) is 71.9 Å². The molecule has 4 nitrogen and oxygen atoms in total. The van der Waals surface area contributed by atoms with Gasteiger partial charge in [0.15, 0.2) is 0 Å². The molecule has 2 aromatic carbocycles. The van der Waals surface area contributed by atoms with E-state index in [1.807, 2.05) is 24.3 Å². The largest absolute Gasteiger partial charge is 0.494 e. The summed E-state index contributed by atoms with van der Waals surface area (Å²) in [7, 11) is 0. The highest BCUT2D eigenvalue weighted by molar-refractivity contribution is 5.80. The Kier molecular flexibility index (Phi) is 7.40. The Morgan fingerprint density at radius 2 is 1.73 bits per heavy atom. The zero-order chi connectivity index (χ0) is 21.3. The first-order valence-corrected chi connectivity index (χ1v) is 10.3. The molecule has 1 aromatic heterocycles. The fourth-order valence-electron chi connectivity index (χ4n) is 3.34. The fourth-order valence-corrected chi connectivity index (χ4v) is 3.34. The van der Waals surface area contributed by atoms with Gasteiger partial charge in [0, 0.05) is 11.1 Å². The number of hydrogen-bond acceptors (Lipinski definition) is 4. The van der Waals surface area contributed by atoms with E-state index >= 15 is 0 Å². The highest BCUT2D eigenvalue weighted by Crippen LogP contribution is 2.32. The lowest BCUT2D eigenvalue weighted by Crippen LogP contribution is -2.01. The third-order valence-corrected chi connectivity index (χ3v) is 4.99. The lowest BCUT2D eigenvalue weighted by Gasteiger charge is -2.12. The van der Waals surface area contributed by atoms with Crippen LogP contribution in [0.1, 0.15) is 44.6 Å². The molecule has 5 heteroatoms. The number of nitrogen functional groups attached to an aromatic ring is 1. The maximum Gasteiger partial charge on any atom is 0.142 e. The van der Waals surface area contributed by atoms with E-state index in [2.05, 4.69) is 18.0 Å². The third kappa shape index (κ3) is 5.15. The summed E-state index contributed by atoms with van der Waals surface area (Å²) in [5.41, 5.74) is 8.46. The third-order valence-electron chi connectivity index (χ3n) is 4.99.